The number of hydrogen-bond acceptors (Lipinski definition) is 4. The summed E-state index contributed by atoms with van der Waals surface area (Å²) in [6, 6.07) is 15.9. The van der Waals surface area contributed by atoms with Crippen LogP contribution in [0.4, 0.5) is 0 Å². The van der Waals surface area contributed by atoms with E-state index in [2.05, 4.69) is 27.4 Å². The molecule has 1 atom stereocenters. The monoisotopic (exact) mass is 369 g/mol. The molecule has 6 heteroatoms. The van der Waals surface area contributed by atoms with Crippen LogP contribution in [-0.4, -0.2) is 34.3 Å². The maximum absolute atomic E-state index is 12.3. The lowest BCUT2D eigenvalue weighted by Gasteiger charge is -2.10. The van der Waals surface area contributed by atoms with E-state index in [0.717, 1.165) is 28.4 Å². The molecule has 26 heavy (non-hydrogen) atoms. The predicted octanol–water partition coefficient (Wildman–Crippen LogP) is 3.80. The topological polar surface area (TPSA) is 67.0 Å². The number of rotatable bonds is 8. The molecule has 5 nitrogen and oxygen atoms in total. The maximum Gasteiger partial charge on any atom is 0.233 e. The fourth-order valence-electron chi connectivity index (χ4n) is 2.62. The molecular formula is C20H23N3O2S. The first-order valence-corrected chi connectivity index (χ1v) is 9.64. The standard InChI is InChI=1S/C20H23N3O2S/c1-3-25-16-9-10-17-18(13-16)23-20(22-17)26-14(2)19(24)21-12-11-15-7-5-4-6-8-15/h4-10,13-14H,3,11-12H2,1-2H3,(H,21,24)(H,22,23). The molecule has 2 aromatic carbocycles. The molecule has 1 unspecified atom stereocenters. The van der Waals surface area contributed by atoms with E-state index < -0.39 is 0 Å². The van der Waals surface area contributed by atoms with Gasteiger partial charge in [-0.1, -0.05) is 42.1 Å². The Morgan fingerprint density at radius 1 is 1.27 bits per heavy atom. The minimum Gasteiger partial charge on any atom is -0.494 e. The first-order chi connectivity index (χ1) is 12.7. The summed E-state index contributed by atoms with van der Waals surface area (Å²) >= 11 is 1.42. The maximum atomic E-state index is 12.3. The average molecular weight is 369 g/mol. The van der Waals surface area contributed by atoms with Gasteiger partial charge in [0.2, 0.25) is 5.91 Å². The van der Waals surface area contributed by atoms with Gasteiger partial charge in [0.05, 0.1) is 22.9 Å². The molecule has 2 N–H and O–H groups in total. The highest BCUT2D eigenvalue weighted by atomic mass is 32.2. The van der Waals surface area contributed by atoms with Gasteiger partial charge in [0.15, 0.2) is 5.16 Å². The van der Waals surface area contributed by atoms with E-state index in [1.807, 2.05) is 50.2 Å². The number of amides is 1. The van der Waals surface area contributed by atoms with Crippen LogP contribution in [0.25, 0.3) is 11.0 Å². The van der Waals surface area contributed by atoms with Crippen LogP contribution in [0.1, 0.15) is 19.4 Å². The Morgan fingerprint density at radius 2 is 2.08 bits per heavy atom. The molecule has 3 rings (SSSR count). The van der Waals surface area contributed by atoms with Crippen LogP contribution in [-0.2, 0) is 11.2 Å². The lowest BCUT2D eigenvalue weighted by atomic mass is 10.1. The molecule has 0 spiro atoms. The lowest BCUT2D eigenvalue weighted by Crippen LogP contribution is -2.32. The Labute approximate surface area is 157 Å². The molecule has 3 aromatic rings. The van der Waals surface area contributed by atoms with Crippen molar-refractivity contribution in [2.24, 2.45) is 0 Å². The summed E-state index contributed by atoms with van der Waals surface area (Å²) in [6.07, 6.45) is 0.828. The predicted molar refractivity (Wildman–Crippen MR) is 106 cm³/mol. The third kappa shape index (κ3) is 4.79. The fourth-order valence-corrected chi connectivity index (χ4v) is 3.46. The summed E-state index contributed by atoms with van der Waals surface area (Å²) in [5.74, 6) is 0.827. The van der Waals surface area contributed by atoms with E-state index in [-0.39, 0.29) is 11.2 Å². The summed E-state index contributed by atoms with van der Waals surface area (Å²) in [6.45, 7) is 5.10. The molecule has 1 amide bonds. The first kappa shape index (κ1) is 18.3. The number of imidazole rings is 1. The molecule has 1 aromatic heterocycles. The van der Waals surface area contributed by atoms with Crippen molar-refractivity contribution in [1.29, 1.82) is 0 Å². The van der Waals surface area contributed by atoms with Gasteiger partial charge in [-0.3, -0.25) is 4.79 Å². The van der Waals surface area contributed by atoms with Gasteiger partial charge in [-0.2, -0.15) is 0 Å². The zero-order chi connectivity index (χ0) is 18.4. The van der Waals surface area contributed by atoms with Crippen molar-refractivity contribution in [1.82, 2.24) is 15.3 Å². The molecule has 0 aliphatic heterocycles. The minimum atomic E-state index is -0.224. The second kappa shape index (κ2) is 8.76. The number of ether oxygens (including phenoxy) is 1. The van der Waals surface area contributed by atoms with Gasteiger partial charge in [-0.25, -0.2) is 4.98 Å². The molecule has 0 aliphatic carbocycles. The zero-order valence-corrected chi connectivity index (χ0v) is 15.8. The van der Waals surface area contributed by atoms with Gasteiger partial charge in [0, 0.05) is 12.6 Å². The number of fused-ring (bicyclic) bond motifs is 1. The minimum absolute atomic E-state index is 0.0152. The Bertz CT molecular complexity index is 864. The molecule has 0 radical (unpaired) electrons. The van der Waals surface area contributed by atoms with E-state index in [4.69, 9.17) is 4.74 Å². The van der Waals surface area contributed by atoms with Crippen molar-refractivity contribution < 1.29 is 9.53 Å². The summed E-state index contributed by atoms with van der Waals surface area (Å²) < 4.78 is 5.50. The number of nitrogens with zero attached hydrogens (tertiary/aromatic N) is 1. The van der Waals surface area contributed by atoms with E-state index in [1.165, 1.54) is 17.3 Å². The van der Waals surface area contributed by atoms with Crippen LogP contribution < -0.4 is 10.1 Å². The summed E-state index contributed by atoms with van der Waals surface area (Å²) in [7, 11) is 0. The Hall–Kier alpha value is -2.47. The van der Waals surface area contributed by atoms with Crippen LogP contribution in [0.15, 0.2) is 53.7 Å². The van der Waals surface area contributed by atoms with Crippen molar-refractivity contribution in [3.63, 3.8) is 0 Å². The number of nitrogens with one attached hydrogen (secondary N) is 2. The van der Waals surface area contributed by atoms with Crippen molar-refractivity contribution in [2.45, 2.75) is 30.7 Å². The normalized spacial score (nSPS) is 12.1. The van der Waals surface area contributed by atoms with Crippen LogP contribution in [0, 0.1) is 0 Å². The summed E-state index contributed by atoms with van der Waals surface area (Å²) in [5.41, 5.74) is 3.00. The number of carbonyl (C=O) groups excluding carboxylic acids is 1. The van der Waals surface area contributed by atoms with Gasteiger partial charge in [-0.15, -0.1) is 0 Å². The first-order valence-electron chi connectivity index (χ1n) is 8.76. The molecular weight excluding hydrogens is 346 g/mol. The SMILES string of the molecule is CCOc1ccc2nc(SC(C)C(=O)NCCc3ccccc3)[nH]c2c1. The van der Waals surface area contributed by atoms with Gasteiger partial charge in [0.25, 0.3) is 0 Å². The van der Waals surface area contributed by atoms with Crippen molar-refractivity contribution in [3.05, 3.63) is 54.1 Å². The molecule has 0 bridgehead atoms. The van der Waals surface area contributed by atoms with E-state index in [9.17, 15) is 4.79 Å². The number of carbonyl (C=O) groups is 1. The largest absolute Gasteiger partial charge is 0.494 e. The third-order valence-electron chi connectivity index (χ3n) is 3.96. The van der Waals surface area contributed by atoms with E-state index in [1.54, 1.807) is 0 Å². The smallest absolute Gasteiger partial charge is 0.233 e. The number of thioether (sulfide) groups is 1. The number of hydrogen-bond donors (Lipinski definition) is 2. The van der Waals surface area contributed by atoms with Gasteiger partial charge < -0.3 is 15.0 Å². The second-order valence-corrected chi connectivity index (χ2v) is 7.27. The molecule has 136 valence electrons. The summed E-state index contributed by atoms with van der Waals surface area (Å²) in [4.78, 5) is 20.1. The number of benzene rings is 2. The summed E-state index contributed by atoms with van der Waals surface area (Å²) in [5, 5.41) is 3.50. The zero-order valence-electron chi connectivity index (χ0n) is 15.0. The highest BCUT2D eigenvalue weighted by molar-refractivity contribution is 8.00. The number of H-pyrrole nitrogens is 1. The Balaban J connectivity index is 1.54. The van der Waals surface area contributed by atoms with Crippen molar-refractivity contribution in [2.75, 3.05) is 13.2 Å². The number of aromatic amines is 1. The second-order valence-electron chi connectivity index (χ2n) is 5.94. The molecule has 0 fully saturated rings. The van der Waals surface area contributed by atoms with Crippen molar-refractivity contribution >= 4 is 28.7 Å². The van der Waals surface area contributed by atoms with Crippen LogP contribution in [0.2, 0.25) is 0 Å². The van der Waals surface area contributed by atoms with E-state index >= 15 is 0 Å². The van der Waals surface area contributed by atoms with Crippen LogP contribution in [0.5, 0.6) is 5.75 Å². The number of aromatic nitrogens is 2. The average Bonchev–Trinajstić information content (AvgIpc) is 3.04. The quantitative estimate of drug-likeness (QED) is 0.593. The molecule has 0 saturated heterocycles. The highest BCUT2D eigenvalue weighted by Crippen LogP contribution is 2.25. The molecule has 0 saturated carbocycles. The molecule has 1 heterocycles. The molecule has 0 aliphatic rings. The fraction of sp³-hybridized carbons (Fsp3) is 0.300. The Morgan fingerprint density at radius 3 is 2.85 bits per heavy atom. The lowest BCUT2D eigenvalue weighted by molar-refractivity contribution is -0.120. The van der Waals surface area contributed by atoms with Gasteiger partial charge in [-0.05, 0) is 38.0 Å². The third-order valence-corrected chi connectivity index (χ3v) is 4.94. The van der Waals surface area contributed by atoms with Crippen molar-refractivity contribution in [3.8, 4) is 5.75 Å². The Kier molecular flexibility index (Phi) is 6.17. The van der Waals surface area contributed by atoms with Gasteiger partial charge >= 0.3 is 0 Å². The van der Waals surface area contributed by atoms with Crippen LogP contribution >= 0.6 is 11.8 Å². The highest BCUT2D eigenvalue weighted by Gasteiger charge is 2.16. The van der Waals surface area contributed by atoms with Crippen LogP contribution in [0.3, 0.4) is 0 Å². The van der Waals surface area contributed by atoms with E-state index in [0.29, 0.717) is 13.2 Å². The van der Waals surface area contributed by atoms with Gasteiger partial charge in [0.1, 0.15) is 5.75 Å².